The van der Waals surface area contributed by atoms with Gasteiger partial charge in [-0.3, -0.25) is 0 Å². The van der Waals surface area contributed by atoms with Crippen LogP contribution in [0.5, 0.6) is 5.75 Å². The van der Waals surface area contributed by atoms with Crippen LogP contribution in [0.2, 0.25) is 0 Å². The van der Waals surface area contributed by atoms with E-state index in [1.165, 1.54) is 19.2 Å². The molecule has 0 heterocycles. The quantitative estimate of drug-likeness (QED) is 0.260. The lowest BCUT2D eigenvalue weighted by Gasteiger charge is -2.08. The van der Waals surface area contributed by atoms with E-state index in [2.05, 4.69) is 11.8 Å². The van der Waals surface area contributed by atoms with Gasteiger partial charge in [-0.1, -0.05) is 30.0 Å². The lowest BCUT2D eigenvalue weighted by molar-refractivity contribution is 0.405. The molecule has 0 bridgehead atoms. The van der Waals surface area contributed by atoms with E-state index in [1.54, 1.807) is 18.2 Å². The van der Waals surface area contributed by atoms with Crippen molar-refractivity contribution in [3.05, 3.63) is 112 Å². The second kappa shape index (κ2) is 9.15. The number of ether oxygens (including phenoxy) is 1. The lowest BCUT2D eigenvalue weighted by Crippen LogP contribution is -2.00. The van der Waals surface area contributed by atoms with Crippen molar-refractivity contribution in [2.45, 2.75) is 12.8 Å². The van der Waals surface area contributed by atoms with Crippen molar-refractivity contribution >= 4 is 10.8 Å². The summed E-state index contributed by atoms with van der Waals surface area (Å²) in [6.07, 6.45) is 0.696. The van der Waals surface area contributed by atoms with Gasteiger partial charge >= 0.3 is 0 Å². The SMILES string of the molecule is COc1cc(F)c(CCc2ccc(C#Cc3ccc4cc(F)c(F)cc4c3)cc2)c(F)c1. The molecule has 0 aliphatic heterocycles. The number of hydrogen-bond donors (Lipinski definition) is 0. The van der Waals surface area contributed by atoms with Crippen molar-refractivity contribution in [1.29, 1.82) is 0 Å². The summed E-state index contributed by atoms with van der Waals surface area (Å²) in [6.45, 7) is 0. The number of aryl methyl sites for hydroxylation is 1. The zero-order chi connectivity index (χ0) is 22.7. The fourth-order valence-corrected chi connectivity index (χ4v) is 3.42. The molecule has 5 heteroatoms. The molecule has 0 saturated heterocycles. The van der Waals surface area contributed by atoms with Crippen molar-refractivity contribution in [2.24, 2.45) is 0 Å². The maximum atomic E-state index is 14.1. The molecule has 160 valence electrons. The molecule has 0 aliphatic carbocycles. The third kappa shape index (κ3) is 4.76. The van der Waals surface area contributed by atoms with Crippen LogP contribution in [0, 0.1) is 35.1 Å². The maximum Gasteiger partial charge on any atom is 0.159 e. The number of hydrogen-bond acceptors (Lipinski definition) is 1. The lowest BCUT2D eigenvalue weighted by atomic mass is 10.0. The molecule has 0 aliphatic rings. The highest BCUT2D eigenvalue weighted by atomic mass is 19.2. The normalized spacial score (nSPS) is 10.7. The van der Waals surface area contributed by atoms with Crippen LogP contribution in [0.15, 0.2) is 66.7 Å². The molecule has 4 aromatic rings. The van der Waals surface area contributed by atoms with Gasteiger partial charge in [0, 0.05) is 28.8 Å². The van der Waals surface area contributed by atoms with E-state index in [0.717, 1.165) is 23.3 Å². The molecule has 4 rings (SSSR count). The summed E-state index contributed by atoms with van der Waals surface area (Å²) in [6, 6.07) is 17.2. The van der Waals surface area contributed by atoms with E-state index in [-0.39, 0.29) is 17.7 Å². The Labute approximate surface area is 183 Å². The predicted molar refractivity (Wildman–Crippen MR) is 117 cm³/mol. The van der Waals surface area contributed by atoms with E-state index >= 15 is 0 Å². The molecule has 0 atom stereocenters. The van der Waals surface area contributed by atoms with Crippen molar-refractivity contribution in [1.82, 2.24) is 0 Å². The third-order valence-electron chi connectivity index (χ3n) is 5.20. The minimum atomic E-state index is -0.896. The molecular weight excluding hydrogens is 416 g/mol. The zero-order valence-corrected chi connectivity index (χ0v) is 17.2. The van der Waals surface area contributed by atoms with Crippen LogP contribution in [-0.4, -0.2) is 7.11 Å². The molecule has 0 aromatic heterocycles. The van der Waals surface area contributed by atoms with Gasteiger partial charge in [-0.15, -0.1) is 0 Å². The van der Waals surface area contributed by atoms with Gasteiger partial charge in [0.25, 0.3) is 0 Å². The summed E-state index contributed by atoms with van der Waals surface area (Å²) in [5.41, 5.74) is 2.40. The Morgan fingerprint density at radius 2 is 1.22 bits per heavy atom. The van der Waals surface area contributed by atoms with E-state index in [4.69, 9.17) is 4.74 Å². The predicted octanol–water partition coefficient (Wildman–Crippen LogP) is 6.59. The molecule has 0 saturated carbocycles. The first kappa shape index (κ1) is 21.5. The minimum absolute atomic E-state index is 0.0299. The summed E-state index contributed by atoms with van der Waals surface area (Å²) in [5.74, 6) is 3.17. The highest BCUT2D eigenvalue weighted by Gasteiger charge is 2.11. The van der Waals surface area contributed by atoms with Gasteiger partial charge in [-0.2, -0.15) is 0 Å². The largest absolute Gasteiger partial charge is 0.497 e. The van der Waals surface area contributed by atoms with E-state index in [9.17, 15) is 17.6 Å². The fourth-order valence-electron chi connectivity index (χ4n) is 3.42. The monoisotopic (exact) mass is 434 g/mol. The molecule has 1 nitrogen and oxygen atoms in total. The molecule has 0 unspecified atom stereocenters. The highest BCUT2D eigenvalue weighted by Crippen LogP contribution is 2.22. The fraction of sp³-hybridized carbons (Fsp3) is 0.111. The van der Waals surface area contributed by atoms with Gasteiger partial charge in [0.2, 0.25) is 0 Å². The van der Waals surface area contributed by atoms with Crippen LogP contribution < -0.4 is 4.74 Å². The van der Waals surface area contributed by atoms with E-state index in [1.807, 2.05) is 24.3 Å². The second-order valence-corrected chi connectivity index (χ2v) is 7.34. The molecular formula is C27H18F4O. The average Bonchev–Trinajstić information content (AvgIpc) is 2.78. The molecule has 0 spiro atoms. The Morgan fingerprint density at radius 1 is 0.625 bits per heavy atom. The molecule has 4 aromatic carbocycles. The first-order valence-corrected chi connectivity index (χ1v) is 9.94. The molecule has 0 radical (unpaired) electrons. The summed E-state index contributed by atoms with van der Waals surface area (Å²) < 4.78 is 59.8. The molecule has 0 N–H and O–H groups in total. The minimum Gasteiger partial charge on any atom is -0.497 e. The van der Waals surface area contributed by atoms with Gasteiger partial charge in [0.05, 0.1) is 7.11 Å². The van der Waals surface area contributed by atoms with Gasteiger partial charge in [-0.25, -0.2) is 17.6 Å². The Balaban J connectivity index is 1.46. The van der Waals surface area contributed by atoms with Crippen molar-refractivity contribution < 1.29 is 22.3 Å². The van der Waals surface area contributed by atoms with Crippen molar-refractivity contribution in [2.75, 3.05) is 7.11 Å². The number of rotatable bonds is 4. The standard InChI is InChI=1S/C27H18F4O/c1-32-22-15-24(28)23(25(29)16-22)11-9-18-4-2-17(3-5-18)6-7-19-8-10-20-13-26(30)27(31)14-21(20)12-19/h2-5,8,10,12-16H,9,11H2,1H3. The topological polar surface area (TPSA) is 9.23 Å². The Hall–Kier alpha value is -3.78. The van der Waals surface area contributed by atoms with Gasteiger partial charge in [0.15, 0.2) is 11.6 Å². The van der Waals surface area contributed by atoms with Crippen LogP contribution in [0.3, 0.4) is 0 Å². The third-order valence-corrected chi connectivity index (χ3v) is 5.20. The summed E-state index contributed by atoms with van der Waals surface area (Å²) in [4.78, 5) is 0. The van der Waals surface area contributed by atoms with Crippen molar-refractivity contribution in [3.63, 3.8) is 0 Å². The summed E-state index contributed by atoms with van der Waals surface area (Å²) >= 11 is 0. The van der Waals surface area contributed by atoms with Gasteiger partial charge < -0.3 is 4.74 Å². The zero-order valence-electron chi connectivity index (χ0n) is 17.2. The smallest absolute Gasteiger partial charge is 0.159 e. The van der Waals surface area contributed by atoms with E-state index in [0.29, 0.717) is 22.8 Å². The molecule has 0 amide bonds. The van der Waals surface area contributed by atoms with Crippen molar-refractivity contribution in [3.8, 4) is 17.6 Å². The first-order valence-electron chi connectivity index (χ1n) is 9.94. The van der Waals surface area contributed by atoms with E-state index < -0.39 is 23.3 Å². The number of halogens is 4. The highest BCUT2D eigenvalue weighted by molar-refractivity contribution is 5.84. The first-order chi connectivity index (χ1) is 15.4. The molecule has 32 heavy (non-hydrogen) atoms. The van der Waals surface area contributed by atoms with Crippen LogP contribution >= 0.6 is 0 Å². The van der Waals surface area contributed by atoms with Gasteiger partial charge in [-0.05, 0) is 65.6 Å². The van der Waals surface area contributed by atoms with Crippen LogP contribution in [-0.2, 0) is 12.8 Å². The Kier molecular flexibility index (Phi) is 6.13. The van der Waals surface area contributed by atoms with Crippen LogP contribution in [0.1, 0.15) is 22.3 Å². The average molecular weight is 434 g/mol. The number of benzene rings is 4. The summed E-state index contributed by atoms with van der Waals surface area (Å²) in [7, 11) is 1.36. The second-order valence-electron chi connectivity index (χ2n) is 7.34. The van der Waals surface area contributed by atoms with Crippen LogP contribution in [0.25, 0.3) is 10.8 Å². The Morgan fingerprint density at radius 3 is 1.88 bits per heavy atom. The van der Waals surface area contributed by atoms with Gasteiger partial charge in [0.1, 0.15) is 17.4 Å². The summed E-state index contributed by atoms with van der Waals surface area (Å²) in [5, 5.41) is 1.17. The molecule has 0 fully saturated rings. The maximum absolute atomic E-state index is 14.1. The van der Waals surface area contributed by atoms with Crippen LogP contribution in [0.4, 0.5) is 17.6 Å². The number of methoxy groups -OCH3 is 1. The number of fused-ring (bicyclic) bond motifs is 1. The Bertz CT molecular complexity index is 1330.